The van der Waals surface area contributed by atoms with Crippen LogP contribution < -0.4 is 5.73 Å². The first-order chi connectivity index (χ1) is 4.34. The van der Waals surface area contributed by atoms with Gasteiger partial charge in [-0.15, -0.1) is 0 Å². The molecule has 0 saturated carbocycles. The molecule has 0 aromatic heterocycles. The molecule has 50 valence electrons. The van der Waals surface area contributed by atoms with Gasteiger partial charge in [0.1, 0.15) is 0 Å². The van der Waals surface area contributed by atoms with E-state index >= 15 is 0 Å². The van der Waals surface area contributed by atoms with Crippen LogP contribution in [0, 0.1) is 0 Å². The quantitative estimate of drug-likeness (QED) is 0.534. The Hall–Kier alpha value is -0.680. The van der Waals surface area contributed by atoms with Gasteiger partial charge in [-0.3, -0.25) is 0 Å². The first-order valence-corrected chi connectivity index (χ1v) is 3.56. The first kappa shape index (κ1) is 6.44. The Labute approximate surface area is 55.5 Å². The molecule has 1 rings (SSSR count). The second kappa shape index (κ2) is 2.75. The molecule has 1 unspecified atom stereocenters. The zero-order valence-electron chi connectivity index (χ0n) is 4.94. The minimum Gasteiger partial charge on any atom is -0.377 e. The molecule has 0 amide bonds. The third kappa shape index (κ3) is 1.36. The molecular weight excluding hydrogens is 138 g/mol. The molecular formula is C4H7N3OS. The zero-order valence-corrected chi connectivity index (χ0v) is 5.76. The van der Waals surface area contributed by atoms with Crippen LogP contribution in [0.5, 0.6) is 0 Å². The van der Waals surface area contributed by atoms with E-state index in [-0.39, 0.29) is 0 Å². The molecule has 0 aliphatic carbocycles. The number of rotatable bonds is 1. The van der Waals surface area contributed by atoms with Crippen LogP contribution in [0.4, 0.5) is 0 Å². The topological polar surface area (TPSA) is 60.0 Å². The van der Waals surface area contributed by atoms with E-state index in [2.05, 4.69) is 14.4 Å². The van der Waals surface area contributed by atoms with Crippen molar-refractivity contribution >= 4 is 15.9 Å². The van der Waals surface area contributed by atoms with Gasteiger partial charge < -0.3 is 5.73 Å². The lowest BCUT2D eigenvalue weighted by molar-refractivity contribution is 0.221. The monoisotopic (exact) mass is 145 g/mol. The summed E-state index contributed by atoms with van der Waals surface area (Å²) in [5.74, 6) is 0. The fraction of sp³-hybridized carbons (Fsp3) is 0.250. The highest BCUT2D eigenvalue weighted by Gasteiger charge is 2.01. The molecule has 2 N–H and O–H groups in total. The maximum absolute atomic E-state index is 5.39. The van der Waals surface area contributed by atoms with Crippen LogP contribution in [-0.4, -0.2) is 12.3 Å². The largest absolute Gasteiger partial charge is 0.377 e. The lowest BCUT2D eigenvalue weighted by Crippen LogP contribution is -2.12. The maximum Gasteiger partial charge on any atom is 0.176 e. The van der Waals surface area contributed by atoms with Crippen molar-refractivity contribution in [2.24, 2.45) is 15.3 Å². The average Bonchev–Trinajstić information content (AvgIpc) is 2.18. The van der Waals surface area contributed by atoms with Crippen LogP contribution in [0.2, 0.25) is 0 Å². The van der Waals surface area contributed by atoms with Crippen LogP contribution >= 0.6 is 0 Å². The van der Waals surface area contributed by atoms with Gasteiger partial charge >= 0.3 is 0 Å². The Morgan fingerprint density at radius 2 is 2.67 bits per heavy atom. The number of amidine groups is 1. The van der Waals surface area contributed by atoms with Crippen molar-refractivity contribution in [1.29, 1.82) is 0 Å². The first-order valence-electron chi connectivity index (χ1n) is 2.32. The maximum atomic E-state index is 5.39. The third-order valence-electron chi connectivity index (χ3n) is 0.761. The van der Waals surface area contributed by atoms with E-state index in [4.69, 9.17) is 5.73 Å². The summed E-state index contributed by atoms with van der Waals surface area (Å²) in [7, 11) is 1.07. The Bertz CT molecular complexity index is 196. The van der Waals surface area contributed by atoms with Crippen LogP contribution in [0.3, 0.4) is 0 Å². The van der Waals surface area contributed by atoms with Crippen molar-refractivity contribution in [3.8, 4) is 0 Å². The highest BCUT2D eigenvalue weighted by molar-refractivity contribution is 8.05. The van der Waals surface area contributed by atoms with Gasteiger partial charge in [-0.25, -0.2) is 9.83 Å². The fourth-order valence-electron chi connectivity index (χ4n) is 0.429. The predicted octanol–water partition coefficient (Wildman–Crippen LogP) is 0.149. The van der Waals surface area contributed by atoms with Crippen molar-refractivity contribution in [2.75, 3.05) is 7.11 Å². The van der Waals surface area contributed by atoms with E-state index in [1.165, 1.54) is 7.11 Å². The van der Waals surface area contributed by atoms with E-state index in [1.807, 2.05) is 0 Å². The molecule has 4 nitrogen and oxygen atoms in total. The molecule has 0 aromatic rings. The lowest BCUT2D eigenvalue weighted by Gasteiger charge is -1.91. The van der Waals surface area contributed by atoms with Crippen LogP contribution in [0.15, 0.2) is 21.1 Å². The third-order valence-corrected chi connectivity index (χ3v) is 1.98. The second-order valence-corrected chi connectivity index (χ2v) is 2.79. The molecule has 0 radical (unpaired) electrons. The van der Waals surface area contributed by atoms with E-state index in [9.17, 15) is 0 Å². The minimum absolute atomic E-state index is 0.422. The molecule has 0 bridgehead atoms. The Kier molecular flexibility index (Phi) is 1.96. The molecule has 1 atom stereocenters. The standard InChI is InChI=1S/C4H7N3OS/c1-8-7-9-3-2-6-4(9)5/h2-3H,1H3,(H2,5,6). The molecule has 9 heavy (non-hydrogen) atoms. The van der Waals surface area contributed by atoms with Gasteiger partial charge in [-0.1, -0.05) is 4.53 Å². The van der Waals surface area contributed by atoms with Gasteiger partial charge in [-0.05, 0) is 0 Å². The molecule has 0 spiro atoms. The smallest absolute Gasteiger partial charge is 0.176 e. The lowest BCUT2D eigenvalue weighted by atomic mass is 11.0. The highest BCUT2D eigenvalue weighted by Crippen LogP contribution is 1.99. The molecule has 5 heteroatoms. The van der Waals surface area contributed by atoms with Crippen molar-refractivity contribution in [1.82, 2.24) is 0 Å². The summed E-state index contributed by atoms with van der Waals surface area (Å²) in [6.07, 6.45) is 1.63. The number of nitrogens with zero attached hydrogens (tertiary/aromatic N) is 2. The molecule has 1 aliphatic rings. The summed E-state index contributed by atoms with van der Waals surface area (Å²) < 4.78 is 3.69. The van der Waals surface area contributed by atoms with Crippen molar-refractivity contribution in [2.45, 2.75) is 0 Å². The van der Waals surface area contributed by atoms with Gasteiger partial charge in [0.05, 0.1) is 7.11 Å². The summed E-state index contributed by atoms with van der Waals surface area (Å²) in [6, 6.07) is 0. The minimum atomic E-state index is -0.422. The molecule has 0 aromatic carbocycles. The van der Waals surface area contributed by atoms with Gasteiger partial charge in [0, 0.05) is 22.3 Å². The van der Waals surface area contributed by atoms with Gasteiger partial charge in [0.25, 0.3) is 0 Å². The van der Waals surface area contributed by atoms with Crippen molar-refractivity contribution in [3.63, 3.8) is 0 Å². The second-order valence-electron chi connectivity index (χ2n) is 1.32. The fourth-order valence-corrected chi connectivity index (χ4v) is 1.20. The number of hydrogen-bond donors (Lipinski definition) is 1. The van der Waals surface area contributed by atoms with Crippen LogP contribution in [-0.2, 0) is 15.5 Å². The molecule has 1 heterocycles. The number of nitrogens with two attached hydrogens (primary N) is 1. The zero-order chi connectivity index (χ0) is 6.69. The van der Waals surface area contributed by atoms with Gasteiger partial charge in [-0.2, -0.15) is 0 Å². The van der Waals surface area contributed by atoms with E-state index in [0.29, 0.717) is 5.17 Å². The number of aliphatic imine (C=N–C) groups is 1. The number of hydrogen-bond acceptors (Lipinski definition) is 4. The highest BCUT2D eigenvalue weighted by atomic mass is 32.2. The average molecular weight is 145 g/mol. The van der Waals surface area contributed by atoms with Crippen molar-refractivity contribution < 1.29 is 4.84 Å². The summed E-state index contributed by atoms with van der Waals surface area (Å²) in [6.45, 7) is 0. The van der Waals surface area contributed by atoms with Gasteiger partial charge in [0.2, 0.25) is 0 Å². The normalized spacial score (nSPS) is 25.0. The molecule has 1 aliphatic heterocycles. The van der Waals surface area contributed by atoms with Gasteiger partial charge in [0.15, 0.2) is 5.17 Å². The Morgan fingerprint density at radius 3 is 3.11 bits per heavy atom. The summed E-state index contributed by atoms with van der Waals surface area (Å²) in [5.41, 5.74) is 5.39. The Morgan fingerprint density at radius 1 is 1.89 bits per heavy atom. The summed E-state index contributed by atoms with van der Waals surface area (Å²) >= 11 is 0. The van der Waals surface area contributed by atoms with Crippen LogP contribution in [0.25, 0.3) is 0 Å². The van der Waals surface area contributed by atoms with E-state index in [1.54, 1.807) is 11.6 Å². The van der Waals surface area contributed by atoms with Crippen molar-refractivity contribution in [3.05, 3.63) is 11.6 Å². The van der Waals surface area contributed by atoms with E-state index < -0.39 is 10.7 Å². The van der Waals surface area contributed by atoms with Crippen LogP contribution in [0.1, 0.15) is 0 Å². The predicted molar refractivity (Wildman–Crippen MR) is 37.6 cm³/mol. The van der Waals surface area contributed by atoms with E-state index in [0.717, 1.165) is 0 Å². The molecule has 0 fully saturated rings. The molecule has 0 saturated heterocycles. The Balaban J connectivity index is 2.74. The summed E-state index contributed by atoms with van der Waals surface area (Å²) in [4.78, 5) is 8.31. The summed E-state index contributed by atoms with van der Waals surface area (Å²) in [5, 5.41) is 2.30. The SMILES string of the molecule is CON=S1C=CN=C1N.